The summed E-state index contributed by atoms with van der Waals surface area (Å²) in [5, 5.41) is 8.72. The monoisotopic (exact) mass is 251 g/mol. The molecule has 5 heteroatoms. The molecule has 18 heavy (non-hydrogen) atoms. The fourth-order valence-corrected chi connectivity index (χ4v) is 2.05. The Morgan fingerprint density at radius 3 is 2.56 bits per heavy atom. The van der Waals surface area contributed by atoms with Gasteiger partial charge in [0.1, 0.15) is 11.5 Å². The van der Waals surface area contributed by atoms with Crippen LogP contribution in [0.15, 0.2) is 10.5 Å². The first-order chi connectivity index (χ1) is 8.49. The van der Waals surface area contributed by atoms with Gasteiger partial charge in [0.05, 0.1) is 12.0 Å². The summed E-state index contributed by atoms with van der Waals surface area (Å²) in [5.41, 5.74) is 0.546. The fraction of sp³-hybridized carbons (Fsp3) is 0.538. The number of rotatable bonds is 5. The quantitative estimate of drug-likeness (QED) is 0.868. The van der Waals surface area contributed by atoms with Crippen molar-refractivity contribution in [3.63, 3.8) is 0 Å². The number of hydrogen-bond donors (Lipinski definition) is 1. The number of furan rings is 1. The van der Waals surface area contributed by atoms with E-state index in [2.05, 4.69) is 0 Å². The lowest BCUT2D eigenvalue weighted by atomic mass is 10.2. The van der Waals surface area contributed by atoms with Crippen LogP contribution in [-0.4, -0.2) is 34.5 Å². The van der Waals surface area contributed by atoms with Crippen molar-refractivity contribution in [3.05, 3.63) is 23.2 Å². The first-order valence-electron chi connectivity index (χ1n) is 6.09. The Kier molecular flexibility index (Phi) is 3.41. The zero-order valence-corrected chi connectivity index (χ0v) is 10.6. The third-order valence-corrected chi connectivity index (χ3v) is 3.09. The van der Waals surface area contributed by atoms with Gasteiger partial charge >= 0.3 is 5.97 Å². The molecule has 0 aliphatic heterocycles. The highest BCUT2D eigenvalue weighted by Crippen LogP contribution is 2.29. The summed E-state index contributed by atoms with van der Waals surface area (Å²) in [6.45, 7) is 3.81. The van der Waals surface area contributed by atoms with E-state index in [4.69, 9.17) is 9.52 Å². The SMILES string of the molecule is Cc1cc(C(=O)N(CCC(=O)O)C2CC2)c(C)o1. The summed E-state index contributed by atoms with van der Waals surface area (Å²) in [6, 6.07) is 1.92. The number of carbonyl (C=O) groups is 2. The Labute approximate surface area is 105 Å². The lowest BCUT2D eigenvalue weighted by Gasteiger charge is -2.21. The number of aryl methyl sites for hydroxylation is 2. The lowest BCUT2D eigenvalue weighted by Crippen LogP contribution is -2.35. The summed E-state index contributed by atoms with van der Waals surface area (Å²) >= 11 is 0. The molecule has 0 bridgehead atoms. The van der Waals surface area contributed by atoms with E-state index in [-0.39, 0.29) is 24.9 Å². The molecule has 1 heterocycles. The number of carboxylic acids is 1. The first-order valence-corrected chi connectivity index (χ1v) is 6.09. The summed E-state index contributed by atoms with van der Waals surface area (Å²) in [6.07, 6.45) is 1.90. The maximum atomic E-state index is 12.3. The van der Waals surface area contributed by atoms with Gasteiger partial charge < -0.3 is 14.4 Å². The maximum absolute atomic E-state index is 12.3. The third-order valence-electron chi connectivity index (χ3n) is 3.09. The minimum atomic E-state index is -0.881. The van der Waals surface area contributed by atoms with Gasteiger partial charge in [-0.2, -0.15) is 0 Å². The van der Waals surface area contributed by atoms with E-state index < -0.39 is 5.97 Å². The molecule has 1 saturated carbocycles. The second-order valence-corrected chi connectivity index (χ2v) is 4.70. The van der Waals surface area contributed by atoms with Crippen molar-refractivity contribution in [2.24, 2.45) is 0 Å². The van der Waals surface area contributed by atoms with Crippen molar-refractivity contribution >= 4 is 11.9 Å². The van der Waals surface area contributed by atoms with Gasteiger partial charge in [0.2, 0.25) is 0 Å². The van der Waals surface area contributed by atoms with Crippen molar-refractivity contribution in [1.29, 1.82) is 0 Å². The average Bonchev–Trinajstić information content (AvgIpc) is 3.04. The van der Waals surface area contributed by atoms with Crippen molar-refractivity contribution in [1.82, 2.24) is 4.90 Å². The number of aliphatic carboxylic acids is 1. The topological polar surface area (TPSA) is 70.8 Å². The molecule has 0 radical (unpaired) electrons. The molecule has 0 unspecified atom stereocenters. The van der Waals surface area contributed by atoms with Gasteiger partial charge in [0, 0.05) is 12.6 Å². The van der Waals surface area contributed by atoms with Crippen molar-refractivity contribution in [2.75, 3.05) is 6.54 Å². The van der Waals surface area contributed by atoms with Gasteiger partial charge in [-0.1, -0.05) is 0 Å². The largest absolute Gasteiger partial charge is 0.481 e. The molecule has 1 amide bonds. The molecular formula is C13H17NO4. The van der Waals surface area contributed by atoms with Gasteiger partial charge in [-0.3, -0.25) is 9.59 Å². The molecule has 1 aromatic rings. The van der Waals surface area contributed by atoms with Crippen LogP contribution in [-0.2, 0) is 4.79 Å². The smallest absolute Gasteiger partial charge is 0.305 e. The molecule has 0 aromatic carbocycles. The van der Waals surface area contributed by atoms with E-state index in [0.29, 0.717) is 17.1 Å². The highest BCUT2D eigenvalue weighted by molar-refractivity contribution is 5.95. The Hall–Kier alpha value is -1.78. The van der Waals surface area contributed by atoms with Gasteiger partial charge in [-0.25, -0.2) is 0 Å². The molecule has 2 rings (SSSR count). The molecule has 0 atom stereocenters. The molecule has 1 aliphatic carbocycles. The van der Waals surface area contributed by atoms with Crippen LogP contribution in [0, 0.1) is 13.8 Å². The Bertz CT molecular complexity index is 473. The third kappa shape index (κ3) is 2.72. The molecule has 0 saturated heterocycles. The minimum Gasteiger partial charge on any atom is -0.481 e. The van der Waals surface area contributed by atoms with E-state index in [1.807, 2.05) is 0 Å². The summed E-state index contributed by atoms with van der Waals surface area (Å²) in [5.74, 6) is 0.296. The molecular weight excluding hydrogens is 234 g/mol. The van der Waals surface area contributed by atoms with Crippen LogP contribution in [0.3, 0.4) is 0 Å². The molecule has 1 fully saturated rings. The Morgan fingerprint density at radius 1 is 1.44 bits per heavy atom. The highest BCUT2D eigenvalue weighted by Gasteiger charge is 2.34. The van der Waals surface area contributed by atoms with E-state index in [9.17, 15) is 9.59 Å². The van der Waals surface area contributed by atoms with E-state index in [1.54, 1.807) is 24.8 Å². The number of carboxylic acid groups (broad SMARTS) is 1. The molecule has 98 valence electrons. The van der Waals surface area contributed by atoms with Gasteiger partial charge in [-0.15, -0.1) is 0 Å². The van der Waals surface area contributed by atoms with Crippen LogP contribution in [0.4, 0.5) is 0 Å². The van der Waals surface area contributed by atoms with Gasteiger partial charge in [0.15, 0.2) is 0 Å². The van der Waals surface area contributed by atoms with Gasteiger partial charge in [0.25, 0.3) is 5.91 Å². The number of nitrogens with zero attached hydrogens (tertiary/aromatic N) is 1. The molecule has 1 N–H and O–H groups in total. The van der Waals surface area contributed by atoms with Crippen LogP contribution in [0.2, 0.25) is 0 Å². The lowest BCUT2D eigenvalue weighted by molar-refractivity contribution is -0.137. The second-order valence-electron chi connectivity index (χ2n) is 4.70. The van der Waals surface area contributed by atoms with Crippen molar-refractivity contribution in [3.8, 4) is 0 Å². The average molecular weight is 251 g/mol. The Morgan fingerprint density at radius 2 is 2.11 bits per heavy atom. The van der Waals surface area contributed by atoms with Crippen molar-refractivity contribution < 1.29 is 19.1 Å². The summed E-state index contributed by atoms with van der Waals surface area (Å²) in [4.78, 5) is 24.6. The zero-order valence-electron chi connectivity index (χ0n) is 10.6. The van der Waals surface area contributed by atoms with E-state index >= 15 is 0 Å². The molecule has 1 aliphatic rings. The predicted octanol–water partition coefficient (Wildman–Crippen LogP) is 1.98. The molecule has 5 nitrogen and oxygen atoms in total. The van der Waals surface area contributed by atoms with Crippen LogP contribution in [0.5, 0.6) is 0 Å². The normalized spacial score (nSPS) is 14.6. The second kappa shape index (κ2) is 4.84. The van der Waals surface area contributed by atoms with E-state index in [0.717, 1.165) is 12.8 Å². The number of amides is 1. The predicted molar refractivity (Wildman–Crippen MR) is 64.5 cm³/mol. The zero-order chi connectivity index (χ0) is 13.3. The minimum absolute atomic E-state index is 0.0158. The molecule has 1 aromatic heterocycles. The molecule has 0 spiro atoms. The maximum Gasteiger partial charge on any atom is 0.305 e. The summed E-state index contributed by atoms with van der Waals surface area (Å²) < 4.78 is 5.35. The number of carbonyl (C=O) groups excluding carboxylic acids is 1. The van der Waals surface area contributed by atoms with Crippen LogP contribution in [0.1, 0.15) is 41.1 Å². The number of hydrogen-bond acceptors (Lipinski definition) is 3. The van der Waals surface area contributed by atoms with Crippen LogP contribution >= 0.6 is 0 Å². The fourth-order valence-electron chi connectivity index (χ4n) is 2.05. The van der Waals surface area contributed by atoms with Crippen LogP contribution in [0.25, 0.3) is 0 Å². The summed E-state index contributed by atoms with van der Waals surface area (Å²) in [7, 11) is 0. The van der Waals surface area contributed by atoms with Gasteiger partial charge in [-0.05, 0) is 32.8 Å². The van der Waals surface area contributed by atoms with E-state index in [1.165, 1.54) is 0 Å². The van der Waals surface area contributed by atoms with Crippen LogP contribution < -0.4 is 0 Å². The highest BCUT2D eigenvalue weighted by atomic mass is 16.4. The van der Waals surface area contributed by atoms with Crippen molar-refractivity contribution in [2.45, 2.75) is 39.2 Å². The standard InChI is InChI=1S/C13H17NO4/c1-8-7-11(9(2)18-8)13(17)14(10-3-4-10)6-5-12(15)16/h7,10H,3-6H2,1-2H3,(H,15,16). The Balaban J connectivity index is 2.12. The first kappa shape index (κ1) is 12.7.